The number of hydrogen-bond donors (Lipinski definition) is 1. The van der Waals surface area contributed by atoms with Crippen LogP contribution in [0.4, 0.5) is 0 Å². The van der Waals surface area contributed by atoms with E-state index in [2.05, 4.69) is 12.1 Å². The van der Waals surface area contributed by atoms with Crippen LogP contribution in [0, 0.1) is 5.92 Å². The van der Waals surface area contributed by atoms with Crippen molar-refractivity contribution in [3.8, 4) is 0 Å². The van der Waals surface area contributed by atoms with Crippen LogP contribution in [0.3, 0.4) is 0 Å². The van der Waals surface area contributed by atoms with E-state index in [1.807, 2.05) is 13.8 Å². The second-order valence-corrected chi connectivity index (χ2v) is 5.14. The molecule has 0 bridgehead atoms. The number of aromatic nitrogens is 1. The molecule has 0 aromatic carbocycles. The minimum Gasteiger partial charge on any atom is -0.477 e. The molecule has 1 heterocycles. The average molecular weight is 253 g/mol. The molecule has 18 heavy (non-hydrogen) atoms. The van der Waals surface area contributed by atoms with E-state index in [9.17, 15) is 9.90 Å². The van der Waals surface area contributed by atoms with Gasteiger partial charge in [0.1, 0.15) is 5.56 Å². The zero-order valence-electron chi connectivity index (χ0n) is 11.5. The Morgan fingerprint density at radius 1 is 1.33 bits per heavy atom. The molecule has 0 atom stereocenters. The van der Waals surface area contributed by atoms with Crippen LogP contribution in [0.1, 0.15) is 68.3 Å². The first-order valence-corrected chi connectivity index (χ1v) is 6.77. The Bertz CT molecular complexity index is 382. The lowest BCUT2D eigenvalue weighted by atomic mass is 10.0. The number of rotatable bonds is 8. The van der Waals surface area contributed by atoms with Gasteiger partial charge in [0, 0.05) is 6.42 Å². The van der Waals surface area contributed by atoms with Gasteiger partial charge in [-0.1, -0.05) is 45.2 Å². The summed E-state index contributed by atoms with van der Waals surface area (Å²) in [5.41, 5.74) is 0.898. The molecule has 1 aromatic rings. The van der Waals surface area contributed by atoms with Gasteiger partial charge < -0.3 is 9.63 Å². The molecule has 0 spiro atoms. The predicted octanol–water partition coefficient (Wildman–Crippen LogP) is 3.69. The molecule has 4 nitrogen and oxygen atoms in total. The topological polar surface area (TPSA) is 63.3 Å². The predicted molar refractivity (Wildman–Crippen MR) is 69.9 cm³/mol. The maximum Gasteiger partial charge on any atom is 0.341 e. The van der Waals surface area contributed by atoms with E-state index in [1.54, 1.807) is 0 Å². The SMILES string of the molecule is CCCCCCc1noc(CC(C)C)c1C(=O)O. The van der Waals surface area contributed by atoms with Gasteiger partial charge in [-0.3, -0.25) is 0 Å². The van der Waals surface area contributed by atoms with Crippen LogP contribution >= 0.6 is 0 Å². The fourth-order valence-corrected chi connectivity index (χ4v) is 2.01. The van der Waals surface area contributed by atoms with E-state index in [0.29, 0.717) is 35.8 Å². The summed E-state index contributed by atoms with van der Waals surface area (Å²) in [4.78, 5) is 11.3. The van der Waals surface area contributed by atoms with E-state index < -0.39 is 5.97 Å². The van der Waals surface area contributed by atoms with Crippen LogP contribution in [-0.4, -0.2) is 16.2 Å². The first-order valence-electron chi connectivity index (χ1n) is 6.77. The summed E-state index contributed by atoms with van der Waals surface area (Å²) in [5, 5.41) is 13.2. The molecule has 0 aliphatic carbocycles. The molecule has 0 unspecified atom stereocenters. The van der Waals surface area contributed by atoms with Crippen molar-refractivity contribution in [3.05, 3.63) is 17.0 Å². The Kier molecular flexibility index (Phi) is 5.89. The zero-order valence-corrected chi connectivity index (χ0v) is 11.5. The number of carboxylic acid groups (broad SMARTS) is 1. The molecule has 0 radical (unpaired) electrons. The van der Waals surface area contributed by atoms with Crippen LogP contribution < -0.4 is 0 Å². The average Bonchev–Trinajstić information content (AvgIpc) is 2.66. The van der Waals surface area contributed by atoms with Crippen molar-refractivity contribution < 1.29 is 14.4 Å². The van der Waals surface area contributed by atoms with Crippen molar-refractivity contribution in [1.82, 2.24) is 5.16 Å². The van der Waals surface area contributed by atoms with Gasteiger partial charge in [0.05, 0.1) is 5.69 Å². The van der Waals surface area contributed by atoms with Crippen LogP contribution in [0.25, 0.3) is 0 Å². The molecule has 1 aromatic heterocycles. The van der Waals surface area contributed by atoms with Crippen LogP contribution in [0.5, 0.6) is 0 Å². The third-order valence-corrected chi connectivity index (χ3v) is 2.91. The van der Waals surface area contributed by atoms with Crippen molar-refractivity contribution in [2.24, 2.45) is 5.92 Å². The molecule has 0 aliphatic rings. The highest BCUT2D eigenvalue weighted by molar-refractivity contribution is 5.89. The van der Waals surface area contributed by atoms with Crippen LogP contribution in [0.2, 0.25) is 0 Å². The van der Waals surface area contributed by atoms with Crippen molar-refractivity contribution in [2.75, 3.05) is 0 Å². The minimum absolute atomic E-state index is 0.292. The van der Waals surface area contributed by atoms with Gasteiger partial charge in [-0.15, -0.1) is 0 Å². The first kappa shape index (κ1) is 14.7. The highest BCUT2D eigenvalue weighted by Gasteiger charge is 2.22. The molecule has 4 heteroatoms. The van der Waals surface area contributed by atoms with Gasteiger partial charge in [0.25, 0.3) is 0 Å². The highest BCUT2D eigenvalue weighted by atomic mass is 16.5. The second-order valence-electron chi connectivity index (χ2n) is 5.14. The Morgan fingerprint density at radius 2 is 2.06 bits per heavy atom. The Balaban J connectivity index is 2.72. The molecule has 0 aliphatic heterocycles. The van der Waals surface area contributed by atoms with Crippen LogP contribution in [0.15, 0.2) is 4.52 Å². The van der Waals surface area contributed by atoms with Gasteiger partial charge >= 0.3 is 5.97 Å². The van der Waals surface area contributed by atoms with Crippen molar-refractivity contribution in [2.45, 2.75) is 59.3 Å². The maximum absolute atomic E-state index is 11.3. The van der Waals surface area contributed by atoms with Gasteiger partial charge in [0.15, 0.2) is 5.76 Å². The fourth-order valence-electron chi connectivity index (χ4n) is 2.01. The number of hydrogen-bond acceptors (Lipinski definition) is 3. The lowest BCUT2D eigenvalue weighted by molar-refractivity contribution is 0.0693. The molecule has 0 saturated carbocycles. The number of unbranched alkanes of at least 4 members (excludes halogenated alkanes) is 3. The second kappa shape index (κ2) is 7.19. The summed E-state index contributed by atoms with van der Waals surface area (Å²) < 4.78 is 5.19. The first-order chi connectivity index (χ1) is 8.56. The van der Waals surface area contributed by atoms with E-state index in [4.69, 9.17) is 4.52 Å². The monoisotopic (exact) mass is 253 g/mol. The Morgan fingerprint density at radius 3 is 2.61 bits per heavy atom. The van der Waals surface area contributed by atoms with Crippen molar-refractivity contribution in [3.63, 3.8) is 0 Å². The largest absolute Gasteiger partial charge is 0.477 e. The Hall–Kier alpha value is -1.32. The zero-order chi connectivity index (χ0) is 13.5. The van der Waals surface area contributed by atoms with E-state index >= 15 is 0 Å². The van der Waals surface area contributed by atoms with Gasteiger partial charge in [-0.2, -0.15) is 0 Å². The standard InChI is InChI=1S/C14H23NO3/c1-4-5-6-7-8-11-13(14(16)17)12(18-15-11)9-10(2)3/h10H,4-9H2,1-3H3,(H,16,17). The van der Waals surface area contributed by atoms with E-state index in [1.165, 1.54) is 12.8 Å². The van der Waals surface area contributed by atoms with Gasteiger partial charge in [-0.05, 0) is 18.8 Å². The van der Waals surface area contributed by atoms with Gasteiger partial charge in [-0.25, -0.2) is 4.79 Å². The summed E-state index contributed by atoms with van der Waals surface area (Å²) in [6, 6.07) is 0. The third-order valence-electron chi connectivity index (χ3n) is 2.91. The summed E-state index contributed by atoms with van der Waals surface area (Å²) in [5.74, 6) is -0.0376. The summed E-state index contributed by atoms with van der Waals surface area (Å²) in [6.07, 6.45) is 5.76. The normalized spacial score (nSPS) is 11.1. The molecule has 0 amide bonds. The molecular formula is C14H23NO3. The molecule has 0 saturated heterocycles. The number of carbonyl (C=O) groups is 1. The number of carboxylic acids is 1. The molecule has 102 valence electrons. The fraction of sp³-hybridized carbons (Fsp3) is 0.714. The van der Waals surface area contributed by atoms with E-state index in [-0.39, 0.29) is 0 Å². The molecular weight excluding hydrogens is 230 g/mol. The minimum atomic E-state index is -0.919. The smallest absolute Gasteiger partial charge is 0.341 e. The Labute approximate surface area is 108 Å². The molecule has 1 rings (SSSR count). The number of aryl methyl sites for hydroxylation is 1. The summed E-state index contributed by atoms with van der Waals surface area (Å²) in [7, 11) is 0. The quantitative estimate of drug-likeness (QED) is 0.717. The lowest BCUT2D eigenvalue weighted by Crippen LogP contribution is -2.05. The summed E-state index contributed by atoms with van der Waals surface area (Å²) in [6.45, 7) is 6.23. The highest BCUT2D eigenvalue weighted by Crippen LogP contribution is 2.20. The van der Waals surface area contributed by atoms with Crippen molar-refractivity contribution >= 4 is 5.97 Å². The molecule has 0 fully saturated rings. The van der Waals surface area contributed by atoms with E-state index in [0.717, 1.165) is 12.8 Å². The van der Waals surface area contributed by atoms with Crippen molar-refractivity contribution in [1.29, 1.82) is 0 Å². The lowest BCUT2D eigenvalue weighted by Gasteiger charge is -2.02. The maximum atomic E-state index is 11.3. The van der Waals surface area contributed by atoms with Gasteiger partial charge in [0.2, 0.25) is 0 Å². The number of aromatic carboxylic acids is 1. The third kappa shape index (κ3) is 4.17. The number of nitrogens with zero attached hydrogens (tertiary/aromatic N) is 1. The summed E-state index contributed by atoms with van der Waals surface area (Å²) >= 11 is 0. The molecule has 1 N–H and O–H groups in total. The van der Waals surface area contributed by atoms with Crippen LogP contribution in [-0.2, 0) is 12.8 Å².